The molecule has 0 aromatic heterocycles. The van der Waals surface area contributed by atoms with Crippen molar-refractivity contribution in [3.63, 3.8) is 0 Å². The van der Waals surface area contributed by atoms with Crippen molar-refractivity contribution in [2.75, 3.05) is 24.6 Å². The van der Waals surface area contributed by atoms with Gasteiger partial charge in [0.2, 0.25) is 11.8 Å². The Balaban J connectivity index is 2.16. The van der Waals surface area contributed by atoms with E-state index in [1.54, 1.807) is 12.1 Å². The smallest absolute Gasteiger partial charge is 0.269 e. The number of thioether (sulfide) groups is 1. The molecule has 1 aromatic carbocycles. The summed E-state index contributed by atoms with van der Waals surface area (Å²) in [5, 5.41) is 15.8. The zero-order valence-electron chi connectivity index (χ0n) is 11.8. The monoisotopic (exact) mass is 343 g/mol. The van der Waals surface area contributed by atoms with Gasteiger partial charge in [0.1, 0.15) is 0 Å². The third-order valence-electron chi connectivity index (χ3n) is 2.56. The van der Waals surface area contributed by atoms with Crippen molar-refractivity contribution < 1.29 is 14.5 Å². The second kappa shape index (κ2) is 10.1. The molecule has 2 amide bonds. The van der Waals surface area contributed by atoms with Crippen molar-refractivity contribution >= 4 is 41.9 Å². The number of thiol groups is 1. The van der Waals surface area contributed by atoms with E-state index >= 15 is 0 Å². The molecule has 1 aromatic rings. The minimum Gasteiger partial charge on any atom is -0.354 e. The summed E-state index contributed by atoms with van der Waals surface area (Å²) in [4.78, 5) is 32.5. The van der Waals surface area contributed by atoms with Crippen LogP contribution in [0.5, 0.6) is 0 Å². The van der Waals surface area contributed by atoms with E-state index in [1.165, 1.54) is 23.9 Å². The Hall–Kier alpha value is -1.74. The van der Waals surface area contributed by atoms with Gasteiger partial charge < -0.3 is 10.6 Å². The van der Waals surface area contributed by atoms with E-state index < -0.39 is 4.92 Å². The lowest BCUT2D eigenvalue weighted by atomic mass is 10.2. The Morgan fingerprint density at radius 2 is 1.73 bits per heavy atom. The van der Waals surface area contributed by atoms with Crippen LogP contribution in [-0.4, -0.2) is 41.3 Å². The predicted molar refractivity (Wildman–Crippen MR) is 89.1 cm³/mol. The summed E-state index contributed by atoms with van der Waals surface area (Å²) in [5.41, 5.74) is 0.971. The van der Waals surface area contributed by atoms with Gasteiger partial charge in [0, 0.05) is 31.0 Å². The molecule has 9 heteroatoms. The number of nitrogens with zero attached hydrogens (tertiary/aromatic N) is 1. The highest BCUT2D eigenvalue weighted by Crippen LogP contribution is 2.16. The third-order valence-corrected chi connectivity index (χ3v) is 3.85. The van der Waals surface area contributed by atoms with E-state index in [0.717, 1.165) is 5.56 Å². The highest BCUT2D eigenvalue weighted by molar-refractivity contribution is 7.99. The van der Waals surface area contributed by atoms with Crippen LogP contribution in [0.15, 0.2) is 24.3 Å². The number of nitrogens with one attached hydrogen (secondary N) is 2. The van der Waals surface area contributed by atoms with Gasteiger partial charge in [-0.2, -0.15) is 12.6 Å². The normalized spacial score (nSPS) is 10.0. The Bertz CT molecular complexity index is 523. The largest absolute Gasteiger partial charge is 0.354 e. The average molecular weight is 343 g/mol. The second-order valence-electron chi connectivity index (χ2n) is 4.27. The number of non-ortho nitro benzene ring substituents is 1. The Morgan fingerprint density at radius 1 is 1.14 bits per heavy atom. The minimum absolute atomic E-state index is 0.0507. The molecule has 0 aliphatic rings. The fourth-order valence-electron chi connectivity index (χ4n) is 1.49. The number of carbonyl (C=O) groups excluding carboxylic acids is 2. The average Bonchev–Trinajstić information content (AvgIpc) is 2.51. The van der Waals surface area contributed by atoms with Gasteiger partial charge in [-0.25, -0.2) is 0 Å². The molecule has 0 unspecified atom stereocenters. The molecular formula is C13H17N3O4S2. The molecule has 0 aliphatic carbocycles. The van der Waals surface area contributed by atoms with Gasteiger partial charge in [-0.3, -0.25) is 19.7 Å². The first-order valence-corrected chi connectivity index (χ1v) is 8.27. The standard InChI is InChI=1S/C13H17N3O4S2/c17-12(7-21)14-5-6-15-13(18)9-22-8-10-1-3-11(4-2-10)16(19)20/h1-4,21H,5-9H2,(H,14,17)(H,15,18). The van der Waals surface area contributed by atoms with Crippen LogP contribution < -0.4 is 10.6 Å². The molecule has 1 rings (SSSR count). The first-order chi connectivity index (χ1) is 10.5. The maximum Gasteiger partial charge on any atom is 0.269 e. The number of nitro benzene ring substituents is 1. The molecule has 0 aliphatic heterocycles. The lowest BCUT2D eigenvalue weighted by molar-refractivity contribution is -0.384. The fourth-order valence-corrected chi connectivity index (χ4v) is 2.42. The van der Waals surface area contributed by atoms with Crippen LogP contribution in [0.3, 0.4) is 0 Å². The van der Waals surface area contributed by atoms with Crippen LogP contribution in [-0.2, 0) is 15.3 Å². The van der Waals surface area contributed by atoms with Crippen LogP contribution in [0.2, 0.25) is 0 Å². The maximum absolute atomic E-state index is 11.5. The number of amides is 2. The Morgan fingerprint density at radius 3 is 2.27 bits per heavy atom. The fraction of sp³-hybridized carbons (Fsp3) is 0.385. The van der Waals surface area contributed by atoms with Crippen LogP contribution in [0.4, 0.5) is 5.69 Å². The first-order valence-electron chi connectivity index (χ1n) is 6.48. The van der Waals surface area contributed by atoms with E-state index in [2.05, 4.69) is 23.3 Å². The highest BCUT2D eigenvalue weighted by Gasteiger charge is 2.05. The van der Waals surface area contributed by atoms with Crippen LogP contribution in [0, 0.1) is 10.1 Å². The number of rotatable bonds is 9. The molecule has 0 saturated carbocycles. The SMILES string of the molecule is O=C(CS)NCCNC(=O)CSCc1ccc([N+](=O)[O-])cc1. The van der Waals surface area contributed by atoms with Gasteiger partial charge in [0.15, 0.2) is 0 Å². The van der Waals surface area contributed by atoms with E-state index in [4.69, 9.17) is 0 Å². The summed E-state index contributed by atoms with van der Waals surface area (Å²) < 4.78 is 0. The molecule has 0 spiro atoms. The summed E-state index contributed by atoms with van der Waals surface area (Å²) in [5.74, 6) is 0.718. The maximum atomic E-state index is 11.5. The van der Waals surface area contributed by atoms with Crippen LogP contribution in [0.1, 0.15) is 5.56 Å². The minimum atomic E-state index is -0.448. The molecule has 0 atom stereocenters. The van der Waals surface area contributed by atoms with E-state index in [9.17, 15) is 19.7 Å². The van der Waals surface area contributed by atoms with E-state index in [0.29, 0.717) is 18.8 Å². The number of benzene rings is 1. The molecule has 0 bridgehead atoms. The quantitative estimate of drug-likeness (QED) is 0.269. The Kier molecular flexibility index (Phi) is 8.38. The van der Waals surface area contributed by atoms with Gasteiger partial charge in [0.25, 0.3) is 5.69 Å². The van der Waals surface area contributed by atoms with Crippen molar-refractivity contribution in [1.29, 1.82) is 0 Å². The van der Waals surface area contributed by atoms with E-state index in [-0.39, 0.29) is 29.0 Å². The summed E-state index contributed by atoms with van der Waals surface area (Å²) in [6.45, 7) is 0.745. The van der Waals surface area contributed by atoms with Crippen molar-refractivity contribution in [2.45, 2.75) is 5.75 Å². The van der Waals surface area contributed by atoms with Crippen molar-refractivity contribution in [2.24, 2.45) is 0 Å². The summed E-state index contributed by atoms with van der Waals surface area (Å²) in [6, 6.07) is 6.24. The summed E-state index contributed by atoms with van der Waals surface area (Å²) in [6.07, 6.45) is 0. The van der Waals surface area contributed by atoms with Crippen molar-refractivity contribution in [3.05, 3.63) is 39.9 Å². The molecule has 2 N–H and O–H groups in total. The lowest BCUT2D eigenvalue weighted by Crippen LogP contribution is -2.35. The summed E-state index contributed by atoms with van der Waals surface area (Å²) >= 11 is 5.23. The number of hydrogen-bond donors (Lipinski definition) is 3. The highest BCUT2D eigenvalue weighted by atomic mass is 32.2. The molecule has 0 saturated heterocycles. The van der Waals surface area contributed by atoms with Gasteiger partial charge in [0.05, 0.1) is 16.4 Å². The number of carbonyl (C=O) groups is 2. The zero-order valence-corrected chi connectivity index (χ0v) is 13.5. The molecule has 0 radical (unpaired) electrons. The zero-order chi connectivity index (χ0) is 16.4. The second-order valence-corrected chi connectivity index (χ2v) is 5.58. The predicted octanol–water partition coefficient (Wildman–Crippen LogP) is 0.990. The van der Waals surface area contributed by atoms with Gasteiger partial charge >= 0.3 is 0 Å². The first kappa shape index (κ1) is 18.3. The number of nitro groups is 1. The molecule has 7 nitrogen and oxygen atoms in total. The van der Waals surface area contributed by atoms with Crippen molar-refractivity contribution in [1.82, 2.24) is 10.6 Å². The van der Waals surface area contributed by atoms with Crippen LogP contribution in [0.25, 0.3) is 0 Å². The van der Waals surface area contributed by atoms with E-state index in [1.807, 2.05) is 0 Å². The van der Waals surface area contributed by atoms with Gasteiger partial charge in [-0.05, 0) is 5.56 Å². The number of hydrogen-bond acceptors (Lipinski definition) is 6. The lowest BCUT2D eigenvalue weighted by Gasteiger charge is -2.06. The molecule has 0 fully saturated rings. The summed E-state index contributed by atoms with van der Waals surface area (Å²) in [7, 11) is 0. The third kappa shape index (κ3) is 7.32. The van der Waals surface area contributed by atoms with Crippen LogP contribution >= 0.6 is 24.4 Å². The molecular weight excluding hydrogens is 326 g/mol. The topological polar surface area (TPSA) is 101 Å². The van der Waals surface area contributed by atoms with Crippen molar-refractivity contribution in [3.8, 4) is 0 Å². The molecule has 120 valence electrons. The van der Waals surface area contributed by atoms with Gasteiger partial charge in [-0.15, -0.1) is 11.8 Å². The molecule has 0 heterocycles. The molecule has 22 heavy (non-hydrogen) atoms. The Labute approximate surface area is 137 Å². The van der Waals surface area contributed by atoms with Gasteiger partial charge in [-0.1, -0.05) is 12.1 Å².